The van der Waals surface area contributed by atoms with E-state index >= 15 is 0 Å². The van der Waals surface area contributed by atoms with Crippen LogP contribution in [-0.4, -0.2) is 4.57 Å². The Morgan fingerprint density at radius 2 is 1.02 bits per heavy atom. The number of aromatic nitrogens is 1. The quantitative estimate of drug-likeness (QED) is 0.172. The van der Waals surface area contributed by atoms with Crippen molar-refractivity contribution >= 4 is 71.6 Å². The van der Waals surface area contributed by atoms with Gasteiger partial charge in [-0.2, -0.15) is 0 Å². The molecular weight excluding hydrogens is 669 g/mol. The molecule has 0 bridgehead atoms. The lowest BCUT2D eigenvalue weighted by Gasteiger charge is -2.27. The summed E-state index contributed by atoms with van der Waals surface area (Å²) in [6.45, 7) is 0. The van der Waals surface area contributed by atoms with Crippen LogP contribution in [0.5, 0.6) is 0 Å². The van der Waals surface area contributed by atoms with Crippen LogP contribution >= 0.6 is 0 Å². The smallest absolute Gasteiger partial charge is 0.143 e. The molecule has 3 nitrogen and oxygen atoms in total. The van der Waals surface area contributed by atoms with Gasteiger partial charge in [0.1, 0.15) is 11.2 Å². The third kappa shape index (κ3) is 5.13. The highest BCUT2D eigenvalue weighted by Gasteiger charge is 2.19. The van der Waals surface area contributed by atoms with Crippen LogP contribution in [0, 0.1) is 0 Å². The number of hydrogen-bond acceptors (Lipinski definition) is 2. The lowest BCUT2D eigenvalue weighted by atomic mass is 9.98. The van der Waals surface area contributed by atoms with E-state index < -0.39 is 0 Å². The third-order valence-corrected chi connectivity index (χ3v) is 11.0. The highest BCUT2D eigenvalue weighted by Crippen LogP contribution is 2.42. The summed E-state index contributed by atoms with van der Waals surface area (Å²) in [5.74, 6) is 0. The summed E-state index contributed by atoms with van der Waals surface area (Å²) in [7, 11) is 0. The lowest BCUT2D eigenvalue weighted by Crippen LogP contribution is -2.10. The molecule has 0 amide bonds. The van der Waals surface area contributed by atoms with E-state index in [4.69, 9.17) is 4.42 Å². The molecule has 0 N–H and O–H groups in total. The van der Waals surface area contributed by atoms with Crippen molar-refractivity contribution in [2.75, 3.05) is 4.90 Å². The van der Waals surface area contributed by atoms with Crippen molar-refractivity contribution in [3.63, 3.8) is 0 Å². The van der Waals surface area contributed by atoms with Crippen LogP contribution < -0.4 is 4.90 Å². The molecule has 0 aliphatic heterocycles. The predicted molar refractivity (Wildman–Crippen MR) is 231 cm³/mol. The Balaban J connectivity index is 1.07. The molecular formula is C52H34N2O. The summed E-state index contributed by atoms with van der Waals surface area (Å²) in [4.78, 5) is 2.37. The second-order valence-corrected chi connectivity index (χ2v) is 14.1. The summed E-state index contributed by atoms with van der Waals surface area (Å²) >= 11 is 0. The van der Waals surface area contributed by atoms with Crippen molar-refractivity contribution in [1.29, 1.82) is 0 Å². The number of para-hydroxylation sites is 2. The first kappa shape index (κ1) is 31.2. The lowest BCUT2D eigenvalue weighted by molar-refractivity contribution is 0.673. The Labute approximate surface area is 318 Å². The van der Waals surface area contributed by atoms with Gasteiger partial charge in [0.25, 0.3) is 0 Å². The predicted octanol–water partition coefficient (Wildman–Crippen LogP) is 14.6. The van der Waals surface area contributed by atoms with Crippen LogP contribution in [0.15, 0.2) is 211 Å². The van der Waals surface area contributed by atoms with Gasteiger partial charge in [-0.3, -0.25) is 0 Å². The second-order valence-electron chi connectivity index (χ2n) is 14.1. The summed E-state index contributed by atoms with van der Waals surface area (Å²) in [6.07, 6.45) is 0. The van der Waals surface area contributed by atoms with Gasteiger partial charge in [0.2, 0.25) is 0 Å². The maximum atomic E-state index is 6.54. The van der Waals surface area contributed by atoms with Gasteiger partial charge in [-0.15, -0.1) is 0 Å². The molecule has 11 rings (SSSR count). The van der Waals surface area contributed by atoms with Gasteiger partial charge in [0.15, 0.2) is 0 Å². The fourth-order valence-corrected chi connectivity index (χ4v) is 8.46. The molecule has 3 heteroatoms. The van der Waals surface area contributed by atoms with Crippen molar-refractivity contribution in [3.05, 3.63) is 206 Å². The standard InChI is InChI=1S/C52H34N2O/c1-2-13-35(14-3-1)38-16-10-17-40(33-38)53(41-18-11-19-42(34-41)54-48-24-8-6-21-45(48)46-22-7-9-25-49(46)54)39-30-27-37(28-31-39)43-23-12-26-50-51(43)47-32-29-36-15-4-5-20-44(36)52(47)55-50/h1-34H. The third-order valence-electron chi connectivity index (χ3n) is 11.0. The van der Waals surface area contributed by atoms with Crippen molar-refractivity contribution in [3.8, 4) is 27.9 Å². The fourth-order valence-electron chi connectivity index (χ4n) is 8.46. The molecule has 0 radical (unpaired) electrons. The zero-order valence-electron chi connectivity index (χ0n) is 29.9. The molecule has 0 fully saturated rings. The highest BCUT2D eigenvalue weighted by molar-refractivity contribution is 6.19. The molecule has 0 saturated carbocycles. The highest BCUT2D eigenvalue weighted by atomic mass is 16.3. The fraction of sp³-hybridized carbons (Fsp3) is 0. The van der Waals surface area contributed by atoms with Crippen molar-refractivity contribution in [1.82, 2.24) is 4.57 Å². The summed E-state index contributed by atoms with van der Waals surface area (Å²) in [6, 6.07) is 73.9. The minimum Gasteiger partial charge on any atom is -0.455 e. The maximum absolute atomic E-state index is 6.54. The molecule has 0 spiro atoms. The van der Waals surface area contributed by atoms with Crippen molar-refractivity contribution < 1.29 is 4.42 Å². The van der Waals surface area contributed by atoms with Crippen LogP contribution in [0.25, 0.3) is 82.5 Å². The van der Waals surface area contributed by atoms with Gasteiger partial charge in [-0.05, 0) is 94.4 Å². The number of benzene rings is 9. The molecule has 258 valence electrons. The molecule has 0 unspecified atom stereocenters. The Hall–Kier alpha value is -7.36. The summed E-state index contributed by atoms with van der Waals surface area (Å²) in [5.41, 5.74) is 13.2. The van der Waals surface area contributed by atoms with Gasteiger partial charge >= 0.3 is 0 Å². The Morgan fingerprint density at radius 3 is 1.80 bits per heavy atom. The Morgan fingerprint density at radius 1 is 0.382 bits per heavy atom. The van der Waals surface area contributed by atoms with Crippen LogP contribution in [0.2, 0.25) is 0 Å². The molecule has 0 aliphatic rings. The van der Waals surface area contributed by atoms with Crippen molar-refractivity contribution in [2.24, 2.45) is 0 Å². The average Bonchev–Trinajstić information content (AvgIpc) is 3.81. The number of nitrogens with zero attached hydrogens (tertiary/aromatic N) is 2. The molecule has 9 aromatic carbocycles. The van der Waals surface area contributed by atoms with Crippen LogP contribution in [-0.2, 0) is 0 Å². The van der Waals surface area contributed by atoms with Crippen molar-refractivity contribution in [2.45, 2.75) is 0 Å². The normalized spacial score (nSPS) is 11.6. The Bertz CT molecular complexity index is 3150. The van der Waals surface area contributed by atoms with Gasteiger partial charge < -0.3 is 13.9 Å². The van der Waals surface area contributed by atoms with E-state index in [9.17, 15) is 0 Å². The van der Waals surface area contributed by atoms with E-state index in [-0.39, 0.29) is 0 Å². The van der Waals surface area contributed by atoms with Gasteiger partial charge in [0.05, 0.1) is 11.0 Å². The van der Waals surface area contributed by atoms with Crippen LogP contribution in [0.1, 0.15) is 0 Å². The minimum atomic E-state index is 0.897. The molecule has 55 heavy (non-hydrogen) atoms. The topological polar surface area (TPSA) is 21.3 Å². The molecule has 0 atom stereocenters. The molecule has 2 aromatic heterocycles. The minimum absolute atomic E-state index is 0.897. The molecule has 11 aromatic rings. The molecule has 0 saturated heterocycles. The zero-order valence-corrected chi connectivity index (χ0v) is 29.9. The summed E-state index contributed by atoms with van der Waals surface area (Å²) < 4.78 is 8.92. The second kappa shape index (κ2) is 12.6. The first-order chi connectivity index (χ1) is 27.3. The van der Waals surface area contributed by atoms with Gasteiger partial charge in [-0.1, -0.05) is 140 Å². The summed E-state index contributed by atoms with van der Waals surface area (Å²) in [5, 5.41) is 7.09. The van der Waals surface area contributed by atoms with E-state index in [1.54, 1.807) is 0 Å². The first-order valence-electron chi connectivity index (χ1n) is 18.8. The average molecular weight is 703 g/mol. The first-order valence-corrected chi connectivity index (χ1v) is 18.8. The number of anilines is 3. The zero-order chi connectivity index (χ0) is 36.3. The number of hydrogen-bond donors (Lipinski definition) is 0. The van der Waals surface area contributed by atoms with Crippen LogP contribution in [0.3, 0.4) is 0 Å². The number of furan rings is 1. The molecule has 0 aliphatic carbocycles. The van der Waals surface area contributed by atoms with Gasteiger partial charge in [-0.25, -0.2) is 0 Å². The van der Waals surface area contributed by atoms with E-state index in [1.807, 2.05) is 0 Å². The van der Waals surface area contributed by atoms with E-state index in [1.165, 1.54) is 38.3 Å². The monoisotopic (exact) mass is 702 g/mol. The maximum Gasteiger partial charge on any atom is 0.143 e. The van der Waals surface area contributed by atoms with E-state index in [2.05, 4.69) is 216 Å². The van der Waals surface area contributed by atoms with E-state index in [0.717, 1.165) is 61.2 Å². The van der Waals surface area contributed by atoms with Crippen LogP contribution in [0.4, 0.5) is 17.1 Å². The number of rotatable bonds is 6. The molecule has 2 heterocycles. The van der Waals surface area contributed by atoms with E-state index in [0.29, 0.717) is 0 Å². The largest absolute Gasteiger partial charge is 0.455 e. The SMILES string of the molecule is c1ccc(-c2cccc(N(c3ccc(-c4cccc5oc6c7ccccc7ccc6c45)cc3)c3cccc(-n4c5ccccc5c5ccccc54)c3)c2)cc1. The number of fused-ring (bicyclic) bond motifs is 8. The Kier molecular flexibility index (Phi) is 7.17. The van der Waals surface area contributed by atoms with Gasteiger partial charge in [0, 0.05) is 49.7 Å².